The molecule has 1 aromatic carbocycles. The number of rotatable bonds is 4. The van der Waals surface area contributed by atoms with Gasteiger partial charge >= 0.3 is 6.18 Å². The fourth-order valence-corrected chi connectivity index (χ4v) is 4.82. The molecule has 2 aromatic heterocycles. The molecule has 0 saturated carbocycles. The Morgan fingerprint density at radius 2 is 1.81 bits per heavy atom. The van der Waals surface area contributed by atoms with Gasteiger partial charge in [-0.05, 0) is 68.9 Å². The first-order valence-electron chi connectivity index (χ1n) is 10.1. The van der Waals surface area contributed by atoms with E-state index in [0.717, 1.165) is 28.7 Å². The average Bonchev–Trinajstić information content (AvgIpc) is 3.23. The Morgan fingerprint density at radius 1 is 1.10 bits per heavy atom. The smallest absolute Gasteiger partial charge is 0.352 e. The van der Waals surface area contributed by atoms with Gasteiger partial charge in [0.15, 0.2) is 5.11 Å². The van der Waals surface area contributed by atoms with Gasteiger partial charge in [0.2, 0.25) is 0 Å². The lowest BCUT2D eigenvalue weighted by Gasteiger charge is -2.27. The number of aromatic nitrogens is 2. The Kier molecular flexibility index (Phi) is 5.51. The summed E-state index contributed by atoms with van der Waals surface area (Å²) < 4.78 is 42.8. The summed E-state index contributed by atoms with van der Waals surface area (Å²) in [4.78, 5) is 6.56. The molecule has 0 radical (unpaired) electrons. The highest BCUT2D eigenvalue weighted by Crippen LogP contribution is 2.42. The van der Waals surface area contributed by atoms with Gasteiger partial charge in [0.05, 0.1) is 29.0 Å². The number of hydrogen-bond acceptors (Lipinski definition) is 2. The third kappa shape index (κ3) is 3.69. The molecule has 0 bridgehead atoms. The van der Waals surface area contributed by atoms with Crippen LogP contribution in [-0.4, -0.2) is 26.1 Å². The largest absolute Gasteiger partial charge is 0.418 e. The summed E-state index contributed by atoms with van der Waals surface area (Å²) in [7, 11) is 0. The van der Waals surface area contributed by atoms with E-state index >= 15 is 0 Å². The third-order valence-corrected chi connectivity index (χ3v) is 6.13. The molecule has 1 aliphatic rings. The van der Waals surface area contributed by atoms with Crippen molar-refractivity contribution in [2.45, 2.75) is 39.0 Å². The van der Waals surface area contributed by atoms with Gasteiger partial charge in [0, 0.05) is 24.1 Å². The number of nitrogens with one attached hydrogen (secondary N) is 1. The molecule has 1 fully saturated rings. The number of para-hydroxylation sites is 1. The van der Waals surface area contributed by atoms with E-state index < -0.39 is 11.7 Å². The van der Waals surface area contributed by atoms with Gasteiger partial charge in [-0.3, -0.25) is 4.98 Å². The molecule has 2 atom stereocenters. The zero-order valence-electron chi connectivity index (χ0n) is 17.4. The molecule has 1 N–H and O–H groups in total. The minimum Gasteiger partial charge on any atom is -0.352 e. The van der Waals surface area contributed by atoms with Crippen molar-refractivity contribution in [3.8, 4) is 5.69 Å². The predicted octanol–water partition coefficient (Wildman–Crippen LogP) is 5.50. The number of benzene rings is 1. The van der Waals surface area contributed by atoms with Crippen molar-refractivity contribution < 1.29 is 13.2 Å². The SMILES string of the molecule is CCN1C(=S)N[C@H](c2ccccn2)[C@H]1c1cc(C)n(-c2ccccc2C(F)(F)F)c1C. The van der Waals surface area contributed by atoms with Crippen molar-refractivity contribution in [1.82, 2.24) is 19.8 Å². The third-order valence-electron chi connectivity index (χ3n) is 5.78. The summed E-state index contributed by atoms with van der Waals surface area (Å²) >= 11 is 5.57. The Bertz CT molecular complexity index is 1110. The Hall–Kier alpha value is -2.87. The van der Waals surface area contributed by atoms with Crippen LogP contribution in [0, 0.1) is 13.8 Å². The van der Waals surface area contributed by atoms with Gasteiger partial charge < -0.3 is 14.8 Å². The Morgan fingerprint density at radius 3 is 2.45 bits per heavy atom. The predicted molar refractivity (Wildman–Crippen MR) is 118 cm³/mol. The lowest BCUT2D eigenvalue weighted by Crippen LogP contribution is -2.29. The van der Waals surface area contributed by atoms with E-state index in [9.17, 15) is 13.2 Å². The van der Waals surface area contributed by atoms with Crippen molar-refractivity contribution in [3.63, 3.8) is 0 Å². The van der Waals surface area contributed by atoms with E-state index in [1.807, 2.05) is 45.0 Å². The Balaban J connectivity index is 1.87. The van der Waals surface area contributed by atoms with E-state index in [0.29, 0.717) is 11.7 Å². The number of aryl methyl sites for hydroxylation is 1. The fourth-order valence-electron chi connectivity index (χ4n) is 4.45. The van der Waals surface area contributed by atoms with Gasteiger partial charge in [-0.2, -0.15) is 13.2 Å². The molecule has 0 amide bonds. The van der Waals surface area contributed by atoms with Crippen LogP contribution in [0.4, 0.5) is 13.2 Å². The maximum absolute atomic E-state index is 13.7. The molecule has 8 heteroatoms. The highest BCUT2D eigenvalue weighted by atomic mass is 32.1. The average molecular weight is 445 g/mol. The van der Waals surface area contributed by atoms with E-state index in [4.69, 9.17) is 12.2 Å². The second kappa shape index (κ2) is 8.00. The van der Waals surface area contributed by atoms with E-state index in [-0.39, 0.29) is 17.8 Å². The molecule has 162 valence electrons. The van der Waals surface area contributed by atoms with Gasteiger partial charge in [0.1, 0.15) is 0 Å². The van der Waals surface area contributed by atoms with Crippen molar-refractivity contribution in [2.75, 3.05) is 6.54 Å². The first-order chi connectivity index (χ1) is 14.7. The number of nitrogens with zero attached hydrogens (tertiary/aromatic N) is 3. The van der Waals surface area contributed by atoms with Gasteiger partial charge in [0.25, 0.3) is 0 Å². The number of pyridine rings is 1. The van der Waals surface area contributed by atoms with Crippen molar-refractivity contribution in [2.24, 2.45) is 0 Å². The van der Waals surface area contributed by atoms with Crippen LogP contribution in [0.25, 0.3) is 5.69 Å². The summed E-state index contributed by atoms with van der Waals surface area (Å²) in [5, 5.41) is 3.97. The standard InChI is InChI=1S/C23H23F3N4S/c1-4-29-21(20(28-22(29)31)18-10-7-8-12-27-18)16-13-14(2)30(15(16)3)19-11-6-5-9-17(19)23(24,25)26/h5-13,20-21H,4H2,1-3H3,(H,28,31)/t20-,21-/m1/s1. The zero-order chi connectivity index (χ0) is 22.3. The van der Waals surface area contributed by atoms with Crippen LogP contribution in [0.1, 0.15) is 47.2 Å². The molecule has 0 spiro atoms. The van der Waals surface area contributed by atoms with Crippen molar-refractivity contribution in [3.05, 3.63) is 82.9 Å². The van der Waals surface area contributed by atoms with Crippen LogP contribution in [0.2, 0.25) is 0 Å². The summed E-state index contributed by atoms with van der Waals surface area (Å²) in [5.41, 5.74) is 2.73. The van der Waals surface area contributed by atoms with E-state index in [1.165, 1.54) is 12.1 Å². The first kappa shape index (κ1) is 21.4. The van der Waals surface area contributed by atoms with Crippen LogP contribution in [0.5, 0.6) is 0 Å². The lowest BCUT2D eigenvalue weighted by molar-refractivity contribution is -0.137. The minimum absolute atomic E-state index is 0.127. The summed E-state index contributed by atoms with van der Waals surface area (Å²) in [6.45, 7) is 6.37. The minimum atomic E-state index is -4.44. The summed E-state index contributed by atoms with van der Waals surface area (Å²) in [6, 6.07) is 13.0. The number of likely N-dealkylation sites (N-methyl/N-ethyl adjacent to an activating group) is 1. The first-order valence-corrected chi connectivity index (χ1v) is 10.5. The highest BCUT2D eigenvalue weighted by Gasteiger charge is 2.41. The molecule has 1 saturated heterocycles. The molecule has 31 heavy (non-hydrogen) atoms. The van der Waals surface area contributed by atoms with Crippen LogP contribution in [0.3, 0.4) is 0 Å². The van der Waals surface area contributed by atoms with E-state index in [1.54, 1.807) is 16.8 Å². The zero-order valence-corrected chi connectivity index (χ0v) is 18.3. The molecule has 1 aliphatic heterocycles. The lowest BCUT2D eigenvalue weighted by atomic mass is 9.97. The molecule has 0 unspecified atom stereocenters. The normalized spacial score (nSPS) is 19.0. The molecule has 3 aromatic rings. The van der Waals surface area contributed by atoms with Crippen LogP contribution < -0.4 is 5.32 Å². The molecule has 4 rings (SSSR count). The summed E-state index contributed by atoms with van der Waals surface area (Å²) in [5.74, 6) is 0. The topological polar surface area (TPSA) is 33.1 Å². The maximum Gasteiger partial charge on any atom is 0.418 e. The maximum atomic E-state index is 13.7. The van der Waals surface area contributed by atoms with Crippen LogP contribution in [-0.2, 0) is 6.18 Å². The molecule has 3 heterocycles. The van der Waals surface area contributed by atoms with E-state index in [2.05, 4.69) is 15.2 Å². The number of hydrogen-bond donors (Lipinski definition) is 1. The fraction of sp³-hybridized carbons (Fsp3) is 0.304. The quantitative estimate of drug-likeness (QED) is 0.539. The number of thiocarbonyl (C=S) groups is 1. The van der Waals surface area contributed by atoms with Crippen molar-refractivity contribution >= 4 is 17.3 Å². The second-order valence-corrected chi connectivity index (χ2v) is 7.98. The highest BCUT2D eigenvalue weighted by molar-refractivity contribution is 7.80. The van der Waals surface area contributed by atoms with Crippen LogP contribution >= 0.6 is 12.2 Å². The molecule has 4 nitrogen and oxygen atoms in total. The second-order valence-electron chi connectivity index (χ2n) is 7.59. The monoisotopic (exact) mass is 444 g/mol. The number of halogens is 3. The Labute approximate surface area is 184 Å². The van der Waals surface area contributed by atoms with Gasteiger partial charge in [-0.1, -0.05) is 18.2 Å². The number of alkyl halides is 3. The van der Waals surface area contributed by atoms with Crippen LogP contribution in [0.15, 0.2) is 54.7 Å². The van der Waals surface area contributed by atoms with Crippen molar-refractivity contribution in [1.29, 1.82) is 0 Å². The summed E-state index contributed by atoms with van der Waals surface area (Å²) in [6.07, 6.45) is -2.71. The van der Waals surface area contributed by atoms with Gasteiger partial charge in [-0.15, -0.1) is 0 Å². The molecular weight excluding hydrogens is 421 g/mol. The van der Waals surface area contributed by atoms with Gasteiger partial charge in [-0.25, -0.2) is 0 Å². The molecule has 0 aliphatic carbocycles. The molecular formula is C23H23F3N4S.